The fourth-order valence-corrected chi connectivity index (χ4v) is 5.17. The van der Waals surface area contributed by atoms with E-state index in [-0.39, 0.29) is 35.5 Å². The average Bonchev–Trinajstić information content (AvgIpc) is 2.98. The molecule has 4 atom stereocenters. The molecule has 4 unspecified atom stereocenters. The Morgan fingerprint density at radius 1 is 0.739 bits per heavy atom. The molecule has 6 rings (SSSR count). The van der Waals surface area contributed by atoms with Crippen molar-refractivity contribution in [1.82, 2.24) is 5.32 Å². The molecular weight excluding hydrogens is 286 g/mol. The van der Waals surface area contributed by atoms with Crippen molar-refractivity contribution in [2.24, 2.45) is 17.8 Å². The summed E-state index contributed by atoms with van der Waals surface area (Å²) in [5.74, 6) is -0.241. The first-order valence-electron chi connectivity index (χ1n) is 8.05. The van der Waals surface area contributed by atoms with E-state index in [0.29, 0.717) is 0 Å². The van der Waals surface area contributed by atoms with Gasteiger partial charge in [-0.05, 0) is 39.3 Å². The molecule has 23 heavy (non-hydrogen) atoms. The van der Waals surface area contributed by atoms with Crippen LogP contribution in [0.2, 0.25) is 0 Å². The highest BCUT2D eigenvalue weighted by atomic mass is 16.2. The minimum atomic E-state index is -0.180. The van der Waals surface area contributed by atoms with Crippen LogP contribution in [-0.2, 0) is 9.59 Å². The molecule has 2 fully saturated rings. The molecule has 1 aliphatic heterocycles. The second-order valence-electron chi connectivity index (χ2n) is 6.90. The lowest BCUT2D eigenvalue weighted by molar-refractivity contribution is -0.129. The lowest BCUT2D eigenvalue weighted by Gasteiger charge is -2.47. The Kier molecular flexibility index (Phi) is 1.86. The van der Waals surface area contributed by atoms with Crippen molar-refractivity contribution >= 4 is 17.4 Å². The zero-order chi connectivity index (χ0) is 15.3. The van der Waals surface area contributed by atoms with Gasteiger partial charge < -0.3 is 0 Å². The highest BCUT2D eigenvalue weighted by Gasteiger charge is 2.62. The van der Waals surface area contributed by atoms with E-state index in [1.807, 2.05) is 0 Å². The number of amides is 2. The molecule has 0 bridgehead atoms. The summed E-state index contributed by atoms with van der Waals surface area (Å²) in [5, 5.41) is 2.53. The molecule has 3 heteroatoms. The highest BCUT2D eigenvalue weighted by molar-refractivity contribution is 6.10. The van der Waals surface area contributed by atoms with Crippen molar-refractivity contribution in [1.29, 1.82) is 0 Å². The summed E-state index contributed by atoms with van der Waals surface area (Å²) in [4.78, 5) is 24.3. The van der Waals surface area contributed by atoms with Gasteiger partial charge in [0.05, 0.1) is 11.8 Å². The summed E-state index contributed by atoms with van der Waals surface area (Å²) in [6.07, 6.45) is 2.25. The largest absolute Gasteiger partial charge is 0.296 e. The molecule has 2 amide bonds. The lowest BCUT2D eigenvalue weighted by Crippen LogP contribution is -2.47. The number of nitrogens with one attached hydrogen (secondary N) is 1. The minimum absolute atomic E-state index is 0.0915. The van der Waals surface area contributed by atoms with Crippen LogP contribution in [0.25, 0.3) is 16.7 Å². The first-order chi connectivity index (χ1) is 11.3. The number of fused-ring (bicyclic) bond motifs is 8. The summed E-state index contributed by atoms with van der Waals surface area (Å²) in [6.45, 7) is 0. The van der Waals surface area contributed by atoms with Gasteiger partial charge >= 0.3 is 0 Å². The molecule has 1 saturated carbocycles. The van der Waals surface area contributed by atoms with Crippen LogP contribution in [0.15, 0.2) is 48.5 Å². The lowest BCUT2D eigenvalue weighted by atomic mass is 9.52. The first kappa shape index (κ1) is 11.8. The van der Waals surface area contributed by atoms with E-state index in [1.165, 1.54) is 33.4 Å². The van der Waals surface area contributed by atoms with Crippen LogP contribution >= 0.6 is 0 Å². The van der Waals surface area contributed by atoms with Crippen molar-refractivity contribution in [3.05, 3.63) is 65.2 Å². The molecule has 3 nitrogen and oxygen atoms in total. The number of allylic oxidation sites excluding steroid dienone is 1. The maximum Gasteiger partial charge on any atom is 0.231 e. The Hall–Kier alpha value is -2.68. The van der Waals surface area contributed by atoms with E-state index in [1.54, 1.807) is 0 Å². The third-order valence-corrected chi connectivity index (χ3v) is 6.05. The zero-order valence-corrected chi connectivity index (χ0v) is 12.2. The van der Waals surface area contributed by atoms with Gasteiger partial charge in [0, 0.05) is 5.92 Å². The van der Waals surface area contributed by atoms with Crippen molar-refractivity contribution in [3.8, 4) is 11.1 Å². The molecule has 0 radical (unpaired) electrons. The summed E-state index contributed by atoms with van der Waals surface area (Å²) < 4.78 is 0. The molecule has 110 valence electrons. The predicted octanol–water partition coefficient (Wildman–Crippen LogP) is 2.71. The first-order valence-corrected chi connectivity index (χ1v) is 8.05. The van der Waals surface area contributed by atoms with Crippen LogP contribution in [0.1, 0.15) is 22.6 Å². The number of carbonyl (C=O) groups excluding carboxylic acids is 2. The highest BCUT2D eigenvalue weighted by Crippen LogP contribution is 2.62. The molecular formula is C20H13NO2. The molecule has 0 spiro atoms. The molecule has 1 N–H and O–H groups in total. The summed E-state index contributed by atoms with van der Waals surface area (Å²) in [5.41, 5.74) is 7.54. The van der Waals surface area contributed by atoms with Crippen LogP contribution in [0.3, 0.4) is 0 Å². The normalized spacial score (nSPS) is 31.4. The van der Waals surface area contributed by atoms with Gasteiger partial charge in [0.1, 0.15) is 0 Å². The fourth-order valence-electron chi connectivity index (χ4n) is 5.17. The Balaban J connectivity index is 1.65. The van der Waals surface area contributed by atoms with Crippen molar-refractivity contribution in [2.45, 2.75) is 5.92 Å². The average molecular weight is 299 g/mol. The maximum atomic E-state index is 12.2. The van der Waals surface area contributed by atoms with E-state index in [0.717, 1.165) is 0 Å². The van der Waals surface area contributed by atoms with Crippen LogP contribution in [0, 0.1) is 17.8 Å². The Morgan fingerprint density at radius 3 is 2.35 bits per heavy atom. The quantitative estimate of drug-likeness (QED) is 0.649. The van der Waals surface area contributed by atoms with E-state index in [9.17, 15) is 9.59 Å². The second kappa shape index (κ2) is 3.62. The molecule has 1 saturated heterocycles. The molecule has 2 aromatic carbocycles. The van der Waals surface area contributed by atoms with E-state index in [2.05, 4.69) is 53.9 Å². The van der Waals surface area contributed by atoms with Gasteiger partial charge in [-0.1, -0.05) is 48.5 Å². The third kappa shape index (κ3) is 1.17. The van der Waals surface area contributed by atoms with Crippen molar-refractivity contribution < 1.29 is 9.59 Å². The molecule has 4 aliphatic rings. The zero-order valence-electron chi connectivity index (χ0n) is 12.2. The van der Waals surface area contributed by atoms with Gasteiger partial charge in [-0.3, -0.25) is 14.9 Å². The smallest absolute Gasteiger partial charge is 0.231 e. The van der Waals surface area contributed by atoms with Crippen LogP contribution < -0.4 is 5.32 Å². The Labute approximate surface area is 133 Å². The standard InChI is InChI=1S/C20H13NO2/c22-19-17-14-8-13-10-5-2-1-4-9(10)11-6-3-7-12(15(11)13)16(14)18(17)20(23)21-19/h1-8,14,16-18H,(H,21,22,23). The predicted molar refractivity (Wildman–Crippen MR) is 85.3 cm³/mol. The molecule has 0 aromatic heterocycles. The Morgan fingerprint density at radius 2 is 1.48 bits per heavy atom. The van der Waals surface area contributed by atoms with Gasteiger partial charge in [0.15, 0.2) is 0 Å². The number of carbonyl (C=O) groups is 2. The van der Waals surface area contributed by atoms with Crippen molar-refractivity contribution in [3.63, 3.8) is 0 Å². The molecule has 3 aliphatic carbocycles. The van der Waals surface area contributed by atoms with Crippen LogP contribution in [0.5, 0.6) is 0 Å². The van der Waals surface area contributed by atoms with Gasteiger partial charge in [0.25, 0.3) is 0 Å². The van der Waals surface area contributed by atoms with E-state index in [4.69, 9.17) is 0 Å². The van der Waals surface area contributed by atoms with E-state index < -0.39 is 0 Å². The second-order valence-corrected chi connectivity index (χ2v) is 6.90. The van der Waals surface area contributed by atoms with Crippen molar-refractivity contribution in [2.75, 3.05) is 0 Å². The Bertz CT molecular complexity index is 971. The number of imide groups is 1. The number of rotatable bonds is 0. The number of benzene rings is 2. The number of hydrogen-bond donors (Lipinski definition) is 1. The topological polar surface area (TPSA) is 46.2 Å². The van der Waals surface area contributed by atoms with Gasteiger partial charge in [-0.25, -0.2) is 0 Å². The molecule has 2 aromatic rings. The number of hydrogen-bond acceptors (Lipinski definition) is 2. The van der Waals surface area contributed by atoms with Gasteiger partial charge in [-0.2, -0.15) is 0 Å². The summed E-state index contributed by atoms with van der Waals surface area (Å²) >= 11 is 0. The summed E-state index contributed by atoms with van der Waals surface area (Å²) in [7, 11) is 0. The minimum Gasteiger partial charge on any atom is -0.296 e. The summed E-state index contributed by atoms with van der Waals surface area (Å²) in [6, 6.07) is 14.8. The van der Waals surface area contributed by atoms with E-state index >= 15 is 0 Å². The third-order valence-electron chi connectivity index (χ3n) is 6.05. The van der Waals surface area contributed by atoms with Crippen LogP contribution in [0.4, 0.5) is 0 Å². The van der Waals surface area contributed by atoms with Gasteiger partial charge in [0.2, 0.25) is 11.8 Å². The monoisotopic (exact) mass is 299 g/mol. The SMILES string of the molecule is O=C1NC(=O)C2C1C1C=C3c4ccccc4-c4cccc(c43)C12. The fraction of sp³-hybridized carbons (Fsp3) is 0.200. The van der Waals surface area contributed by atoms with Gasteiger partial charge in [-0.15, -0.1) is 0 Å². The maximum absolute atomic E-state index is 12.2. The molecule has 1 heterocycles. The van der Waals surface area contributed by atoms with Crippen LogP contribution in [-0.4, -0.2) is 11.8 Å².